The minimum atomic E-state index is -0.292. The van der Waals surface area contributed by atoms with E-state index >= 15 is 0 Å². The number of nitrogens with one attached hydrogen (secondary N) is 2. The van der Waals surface area contributed by atoms with E-state index in [4.69, 9.17) is 9.47 Å². The van der Waals surface area contributed by atoms with Gasteiger partial charge in [0.25, 0.3) is 0 Å². The zero-order valence-electron chi connectivity index (χ0n) is 17.7. The van der Waals surface area contributed by atoms with Crippen LogP contribution < -0.4 is 15.4 Å². The molecular weight excluding hydrogens is 371 g/mol. The number of rotatable bonds is 8. The minimum absolute atomic E-state index is 0.136. The summed E-state index contributed by atoms with van der Waals surface area (Å²) >= 11 is 0. The Balaban J connectivity index is 1.43. The van der Waals surface area contributed by atoms with E-state index in [1.54, 1.807) is 12.1 Å². The van der Waals surface area contributed by atoms with Gasteiger partial charge in [-0.15, -0.1) is 0 Å². The summed E-state index contributed by atoms with van der Waals surface area (Å²) < 4.78 is 24.6. The van der Waals surface area contributed by atoms with Crippen molar-refractivity contribution in [1.82, 2.24) is 15.5 Å². The van der Waals surface area contributed by atoms with Gasteiger partial charge in [-0.05, 0) is 51.2 Å². The Morgan fingerprint density at radius 1 is 1.34 bits per heavy atom. The molecule has 0 aromatic heterocycles. The van der Waals surface area contributed by atoms with Crippen LogP contribution in [0.1, 0.15) is 33.1 Å². The van der Waals surface area contributed by atoms with Crippen LogP contribution in [0.2, 0.25) is 0 Å². The zero-order chi connectivity index (χ0) is 20.5. The highest BCUT2D eigenvalue weighted by Crippen LogP contribution is 2.18. The maximum Gasteiger partial charge on any atom is 0.191 e. The number of halogens is 1. The summed E-state index contributed by atoms with van der Waals surface area (Å²) in [7, 11) is 0. The number of guanidine groups is 1. The summed E-state index contributed by atoms with van der Waals surface area (Å²) in [6.07, 6.45) is 3.30. The van der Waals surface area contributed by atoms with Crippen molar-refractivity contribution in [3.63, 3.8) is 0 Å². The largest absolute Gasteiger partial charge is 0.489 e. The highest BCUT2D eigenvalue weighted by atomic mass is 19.1. The van der Waals surface area contributed by atoms with E-state index in [-0.39, 0.29) is 11.9 Å². The second-order valence-electron chi connectivity index (χ2n) is 8.05. The molecule has 0 amide bonds. The van der Waals surface area contributed by atoms with E-state index in [1.807, 2.05) is 6.92 Å². The molecular formula is C22H35FN4O2. The van der Waals surface area contributed by atoms with Gasteiger partial charge in [-0.25, -0.2) is 9.38 Å². The summed E-state index contributed by atoms with van der Waals surface area (Å²) in [6.45, 7) is 10.6. The first-order valence-corrected chi connectivity index (χ1v) is 10.9. The molecule has 2 aliphatic heterocycles. The van der Waals surface area contributed by atoms with Crippen LogP contribution in [0, 0.1) is 11.7 Å². The second-order valence-corrected chi connectivity index (χ2v) is 8.05. The summed E-state index contributed by atoms with van der Waals surface area (Å²) in [5, 5.41) is 6.89. The van der Waals surface area contributed by atoms with Gasteiger partial charge in [0, 0.05) is 44.9 Å². The van der Waals surface area contributed by atoms with Gasteiger partial charge >= 0.3 is 0 Å². The van der Waals surface area contributed by atoms with Gasteiger partial charge < -0.3 is 25.0 Å². The van der Waals surface area contributed by atoms with Crippen LogP contribution in [0.4, 0.5) is 4.39 Å². The molecule has 162 valence electrons. The van der Waals surface area contributed by atoms with Crippen LogP contribution in [-0.4, -0.2) is 68.9 Å². The number of piperidine rings is 1. The van der Waals surface area contributed by atoms with Crippen LogP contribution in [0.25, 0.3) is 0 Å². The Labute approximate surface area is 173 Å². The molecule has 29 heavy (non-hydrogen) atoms. The third kappa shape index (κ3) is 7.48. The first kappa shape index (κ1) is 21.8. The number of aliphatic imine (C=N–C) groups is 1. The van der Waals surface area contributed by atoms with E-state index in [1.165, 1.54) is 18.6 Å². The summed E-state index contributed by atoms with van der Waals surface area (Å²) in [5.41, 5.74) is 0. The van der Waals surface area contributed by atoms with E-state index in [2.05, 4.69) is 27.4 Å². The fraction of sp³-hybridized carbons (Fsp3) is 0.682. The molecule has 2 heterocycles. The van der Waals surface area contributed by atoms with Crippen LogP contribution in [0.15, 0.2) is 29.3 Å². The number of ether oxygens (including phenoxy) is 2. The highest BCUT2D eigenvalue weighted by Gasteiger charge is 2.24. The molecule has 1 aromatic rings. The van der Waals surface area contributed by atoms with Crippen LogP contribution in [0.5, 0.6) is 5.75 Å². The van der Waals surface area contributed by atoms with Gasteiger partial charge in [-0.1, -0.05) is 6.07 Å². The van der Waals surface area contributed by atoms with Crippen molar-refractivity contribution in [2.45, 2.75) is 45.3 Å². The van der Waals surface area contributed by atoms with Gasteiger partial charge in [0.1, 0.15) is 17.7 Å². The van der Waals surface area contributed by atoms with Crippen molar-refractivity contribution in [3.8, 4) is 5.75 Å². The molecule has 2 atom stereocenters. The number of benzene rings is 1. The lowest BCUT2D eigenvalue weighted by atomic mass is 10.0. The molecule has 3 rings (SSSR count). The maximum atomic E-state index is 13.3. The Morgan fingerprint density at radius 2 is 2.17 bits per heavy atom. The van der Waals surface area contributed by atoms with Crippen molar-refractivity contribution in [2.75, 3.05) is 45.9 Å². The summed E-state index contributed by atoms with van der Waals surface area (Å²) in [4.78, 5) is 7.24. The molecule has 2 saturated heterocycles. The zero-order valence-corrected chi connectivity index (χ0v) is 17.7. The van der Waals surface area contributed by atoms with Gasteiger partial charge in [0.05, 0.1) is 13.2 Å². The Hall–Kier alpha value is -1.86. The minimum Gasteiger partial charge on any atom is -0.489 e. The molecule has 0 aliphatic carbocycles. The maximum absolute atomic E-state index is 13.3. The lowest BCUT2D eigenvalue weighted by molar-refractivity contribution is 0.150. The smallest absolute Gasteiger partial charge is 0.191 e. The monoisotopic (exact) mass is 406 g/mol. The molecule has 2 unspecified atom stereocenters. The molecule has 1 aromatic carbocycles. The first-order valence-electron chi connectivity index (χ1n) is 10.9. The van der Waals surface area contributed by atoms with Crippen molar-refractivity contribution >= 4 is 5.96 Å². The molecule has 0 saturated carbocycles. The van der Waals surface area contributed by atoms with E-state index in [9.17, 15) is 4.39 Å². The van der Waals surface area contributed by atoms with Gasteiger partial charge in [-0.2, -0.15) is 0 Å². The van der Waals surface area contributed by atoms with Gasteiger partial charge in [0.2, 0.25) is 0 Å². The highest BCUT2D eigenvalue weighted by molar-refractivity contribution is 5.80. The van der Waals surface area contributed by atoms with Crippen molar-refractivity contribution in [1.29, 1.82) is 0 Å². The fourth-order valence-electron chi connectivity index (χ4n) is 3.90. The van der Waals surface area contributed by atoms with Crippen LogP contribution in [0.3, 0.4) is 0 Å². The second kappa shape index (κ2) is 11.4. The van der Waals surface area contributed by atoms with Crippen LogP contribution in [-0.2, 0) is 4.74 Å². The Kier molecular flexibility index (Phi) is 8.55. The average Bonchev–Trinajstić information content (AvgIpc) is 3.21. The number of nitrogens with zero attached hydrogens (tertiary/aromatic N) is 2. The standard InChI is InChI=1S/C22H35FN4O2/c1-3-24-22(25-14-17(2)29-21-6-4-5-19(23)13-21)26-20-7-10-27(11-8-20)15-18-9-12-28-16-18/h4-6,13,17-18,20H,3,7-12,14-16H2,1-2H3,(H2,24,25,26). The first-order chi connectivity index (χ1) is 14.1. The lowest BCUT2D eigenvalue weighted by Gasteiger charge is -2.34. The van der Waals surface area contributed by atoms with Crippen molar-refractivity contribution < 1.29 is 13.9 Å². The molecule has 2 aliphatic rings. The van der Waals surface area contributed by atoms with Gasteiger partial charge in [-0.3, -0.25) is 0 Å². The lowest BCUT2D eigenvalue weighted by Crippen LogP contribution is -2.49. The quantitative estimate of drug-likeness (QED) is 0.514. The summed E-state index contributed by atoms with van der Waals surface area (Å²) in [6, 6.07) is 6.66. The molecule has 2 N–H and O–H groups in total. The Bertz CT molecular complexity index is 643. The molecule has 0 bridgehead atoms. The molecule has 6 nitrogen and oxygen atoms in total. The number of hydrogen-bond acceptors (Lipinski definition) is 4. The topological polar surface area (TPSA) is 58.1 Å². The van der Waals surface area contributed by atoms with E-state index in [0.717, 1.165) is 58.2 Å². The van der Waals surface area contributed by atoms with Crippen molar-refractivity contribution in [3.05, 3.63) is 30.1 Å². The predicted octanol–water partition coefficient (Wildman–Crippen LogP) is 2.65. The normalized spacial score (nSPS) is 22.4. The number of likely N-dealkylation sites (tertiary alicyclic amines) is 1. The average molecular weight is 407 g/mol. The van der Waals surface area contributed by atoms with Crippen molar-refractivity contribution in [2.24, 2.45) is 10.9 Å². The molecule has 7 heteroatoms. The van der Waals surface area contributed by atoms with Crippen LogP contribution >= 0.6 is 0 Å². The third-order valence-electron chi connectivity index (χ3n) is 5.45. The van der Waals surface area contributed by atoms with Gasteiger partial charge in [0.15, 0.2) is 5.96 Å². The Morgan fingerprint density at radius 3 is 2.86 bits per heavy atom. The predicted molar refractivity (Wildman–Crippen MR) is 114 cm³/mol. The van der Waals surface area contributed by atoms with E-state index < -0.39 is 0 Å². The molecule has 0 spiro atoms. The third-order valence-corrected chi connectivity index (χ3v) is 5.45. The molecule has 0 radical (unpaired) electrons. The molecule has 2 fully saturated rings. The fourth-order valence-corrected chi connectivity index (χ4v) is 3.90. The van der Waals surface area contributed by atoms with E-state index in [0.29, 0.717) is 24.3 Å². The SMILES string of the molecule is CCNC(=NCC(C)Oc1cccc(F)c1)NC1CCN(CC2CCOC2)CC1. The summed E-state index contributed by atoms with van der Waals surface area (Å²) in [5.74, 6) is 1.77. The number of hydrogen-bond donors (Lipinski definition) is 2.